The van der Waals surface area contributed by atoms with Crippen molar-refractivity contribution < 1.29 is 8.42 Å². The summed E-state index contributed by atoms with van der Waals surface area (Å²) in [5.41, 5.74) is 2.83. The van der Waals surface area contributed by atoms with E-state index in [-0.39, 0.29) is 5.92 Å². The van der Waals surface area contributed by atoms with Gasteiger partial charge in [0, 0.05) is 30.6 Å². The molecule has 6 nitrogen and oxygen atoms in total. The molecule has 1 unspecified atom stereocenters. The van der Waals surface area contributed by atoms with Gasteiger partial charge in [-0.1, -0.05) is 0 Å². The Hall–Kier alpha value is -1.47. The molecule has 108 valence electrons. The number of aryl methyl sites for hydroxylation is 1. The second-order valence-corrected chi connectivity index (χ2v) is 7.68. The fraction of sp³-hybridized carbons (Fsp3) is 0.538. The molecule has 1 atom stereocenters. The van der Waals surface area contributed by atoms with Crippen LogP contribution in [0.3, 0.4) is 0 Å². The maximum absolute atomic E-state index is 11.4. The molecule has 2 aromatic rings. The summed E-state index contributed by atoms with van der Waals surface area (Å²) in [6.45, 7) is 3.35. The summed E-state index contributed by atoms with van der Waals surface area (Å²) < 4.78 is 24.5. The van der Waals surface area contributed by atoms with Gasteiger partial charge in [-0.15, -0.1) is 0 Å². The molecular weight excluding hydrogens is 276 g/mol. The van der Waals surface area contributed by atoms with E-state index < -0.39 is 9.84 Å². The fourth-order valence-corrected chi connectivity index (χ4v) is 4.44. The maximum atomic E-state index is 11.4. The molecule has 3 rings (SSSR count). The number of nitrogens with zero attached hydrogens (tertiary/aromatic N) is 3. The van der Waals surface area contributed by atoms with E-state index >= 15 is 0 Å². The molecule has 0 radical (unpaired) electrons. The molecule has 1 aliphatic heterocycles. The first-order valence-electron chi connectivity index (χ1n) is 6.74. The molecule has 0 aliphatic carbocycles. The molecule has 1 aliphatic rings. The molecule has 2 aromatic heterocycles. The lowest BCUT2D eigenvalue weighted by molar-refractivity contribution is 0.520. The molecular formula is C13H18N4O2S. The predicted octanol–water partition coefficient (Wildman–Crippen LogP) is 0.562. The van der Waals surface area contributed by atoms with E-state index in [4.69, 9.17) is 0 Å². The van der Waals surface area contributed by atoms with Crippen LogP contribution in [0.1, 0.15) is 17.7 Å². The third-order valence-corrected chi connectivity index (χ3v) is 5.41. The minimum atomic E-state index is -2.78. The van der Waals surface area contributed by atoms with Crippen molar-refractivity contribution >= 4 is 15.5 Å². The lowest BCUT2D eigenvalue weighted by Crippen LogP contribution is -2.23. The molecule has 1 fully saturated rings. The van der Waals surface area contributed by atoms with Gasteiger partial charge in [0.15, 0.2) is 15.5 Å². The summed E-state index contributed by atoms with van der Waals surface area (Å²) in [4.78, 5) is 4.34. The normalized spacial score (nSPS) is 21.6. The highest BCUT2D eigenvalue weighted by molar-refractivity contribution is 7.91. The SMILES string of the molecule is Cc1cc2ncc(CNCC3CCS(=O)(=O)C3)cn2n1. The number of hydrogen-bond acceptors (Lipinski definition) is 5. The van der Waals surface area contributed by atoms with E-state index in [1.165, 1.54) is 0 Å². The molecule has 0 amide bonds. The molecule has 0 spiro atoms. The van der Waals surface area contributed by atoms with Gasteiger partial charge in [-0.3, -0.25) is 0 Å². The Bertz CT molecular complexity index is 723. The number of aromatic nitrogens is 3. The Balaban J connectivity index is 1.57. The lowest BCUT2D eigenvalue weighted by Gasteiger charge is -2.09. The van der Waals surface area contributed by atoms with Crippen molar-refractivity contribution in [3.63, 3.8) is 0 Å². The van der Waals surface area contributed by atoms with Crippen LogP contribution in [0.5, 0.6) is 0 Å². The van der Waals surface area contributed by atoms with Crippen LogP contribution in [-0.4, -0.2) is 41.1 Å². The molecule has 1 N–H and O–H groups in total. The van der Waals surface area contributed by atoms with Crippen LogP contribution in [0.15, 0.2) is 18.5 Å². The van der Waals surface area contributed by atoms with Gasteiger partial charge in [-0.25, -0.2) is 17.9 Å². The lowest BCUT2D eigenvalue weighted by atomic mass is 10.1. The van der Waals surface area contributed by atoms with Gasteiger partial charge in [0.25, 0.3) is 0 Å². The second-order valence-electron chi connectivity index (χ2n) is 5.45. The Morgan fingerprint density at radius 2 is 2.35 bits per heavy atom. The van der Waals surface area contributed by atoms with Crippen LogP contribution in [0.4, 0.5) is 0 Å². The average molecular weight is 294 g/mol. The molecule has 1 saturated heterocycles. The number of nitrogens with one attached hydrogen (secondary N) is 1. The summed E-state index contributed by atoms with van der Waals surface area (Å²) >= 11 is 0. The largest absolute Gasteiger partial charge is 0.312 e. The summed E-state index contributed by atoms with van der Waals surface area (Å²) in [6.07, 6.45) is 4.55. The summed E-state index contributed by atoms with van der Waals surface area (Å²) in [5, 5.41) is 7.63. The summed E-state index contributed by atoms with van der Waals surface area (Å²) in [5.74, 6) is 0.887. The van der Waals surface area contributed by atoms with Crippen LogP contribution in [0.25, 0.3) is 5.65 Å². The van der Waals surface area contributed by atoms with E-state index in [2.05, 4.69) is 15.4 Å². The van der Waals surface area contributed by atoms with Gasteiger partial charge in [-0.2, -0.15) is 5.10 Å². The molecule has 3 heterocycles. The number of hydrogen-bond donors (Lipinski definition) is 1. The third kappa shape index (κ3) is 2.99. The van der Waals surface area contributed by atoms with Crippen molar-refractivity contribution in [1.29, 1.82) is 0 Å². The zero-order valence-electron chi connectivity index (χ0n) is 11.4. The first kappa shape index (κ1) is 13.5. The average Bonchev–Trinajstić information content (AvgIpc) is 2.90. The monoisotopic (exact) mass is 294 g/mol. The van der Waals surface area contributed by atoms with Gasteiger partial charge in [-0.05, 0) is 25.8 Å². The minimum absolute atomic E-state index is 0.239. The molecule has 0 aromatic carbocycles. The Morgan fingerprint density at radius 1 is 1.50 bits per heavy atom. The van der Waals surface area contributed by atoms with Gasteiger partial charge in [0.2, 0.25) is 0 Å². The van der Waals surface area contributed by atoms with Crippen molar-refractivity contribution in [2.45, 2.75) is 19.9 Å². The molecule has 7 heteroatoms. The van der Waals surface area contributed by atoms with Gasteiger partial charge in [0.1, 0.15) is 0 Å². The third-order valence-electron chi connectivity index (χ3n) is 3.58. The number of rotatable bonds is 4. The van der Waals surface area contributed by atoms with E-state index in [9.17, 15) is 8.42 Å². The van der Waals surface area contributed by atoms with Gasteiger partial charge < -0.3 is 5.32 Å². The van der Waals surface area contributed by atoms with Crippen molar-refractivity contribution in [3.8, 4) is 0 Å². The Kier molecular flexibility index (Phi) is 3.47. The number of fused-ring (bicyclic) bond motifs is 1. The maximum Gasteiger partial charge on any atom is 0.155 e. The minimum Gasteiger partial charge on any atom is -0.312 e. The summed E-state index contributed by atoms with van der Waals surface area (Å²) in [6, 6.07) is 1.93. The van der Waals surface area contributed by atoms with E-state index in [1.54, 1.807) is 4.52 Å². The van der Waals surface area contributed by atoms with Gasteiger partial charge >= 0.3 is 0 Å². The zero-order chi connectivity index (χ0) is 14.2. The van der Waals surface area contributed by atoms with Gasteiger partial charge in [0.05, 0.1) is 17.2 Å². The van der Waals surface area contributed by atoms with Crippen molar-refractivity contribution in [1.82, 2.24) is 19.9 Å². The first-order valence-corrected chi connectivity index (χ1v) is 8.56. The molecule has 20 heavy (non-hydrogen) atoms. The fourth-order valence-electron chi connectivity index (χ4n) is 2.58. The van der Waals surface area contributed by atoms with E-state index in [0.717, 1.165) is 29.9 Å². The van der Waals surface area contributed by atoms with Crippen molar-refractivity contribution in [2.24, 2.45) is 5.92 Å². The highest BCUT2D eigenvalue weighted by atomic mass is 32.2. The predicted molar refractivity (Wildman–Crippen MR) is 76.2 cm³/mol. The van der Waals surface area contributed by atoms with E-state index in [1.807, 2.05) is 25.4 Å². The first-order chi connectivity index (χ1) is 9.52. The second kappa shape index (κ2) is 5.14. The Labute approximate surface area is 118 Å². The van der Waals surface area contributed by atoms with Crippen LogP contribution >= 0.6 is 0 Å². The van der Waals surface area contributed by atoms with Crippen LogP contribution < -0.4 is 5.32 Å². The highest BCUT2D eigenvalue weighted by Crippen LogP contribution is 2.17. The van der Waals surface area contributed by atoms with E-state index in [0.29, 0.717) is 18.1 Å². The standard InChI is InChI=1S/C13H18N4O2S/c1-10-4-13-15-7-12(8-17(13)16-10)6-14-5-11-2-3-20(18,19)9-11/h4,7-8,11,14H,2-3,5-6,9H2,1H3. The van der Waals surface area contributed by atoms with Crippen LogP contribution in [0.2, 0.25) is 0 Å². The summed E-state index contributed by atoms with van der Waals surface area (Å²) in [7, 11) is -2.78. The Morgan fingerprint density at radius 3 is 3.10 bits per heavy atom. The topological polar surface area (TPSA) is 76.4 Å². The molecule has 0 saturated carbocycles. The quantitative estimate of drug-likeness (QED) is 0.892. The van der Waals surface area contributed by atoms with Crippen LogP contribution in [-0.2, 0) is 16.4 Å². The van der Waals surface area contributed by atoms with Crippen LogP contribution in [0, 0.1) is 12.8 Å². The number of sulfone groups is 1. The molecule has 0 bridgehead atoms. The van der Waals surface area contributed by atoms with Crippen molar-refractivity contribution in [2.75, 3.05) is 18.1 Å². The zero-order valence-corrected chi connectivity index (χ0v) is 12.2. The van der Waals surface area contributed by atoms with Crippen molar-refractivity contribution in [3.05, 3.63) is 29.7 Å². The smallest absolute Gasteiger partial charge is 0.155 e. The highest BCUT2D eigenvalue weighted by Gasteiger charge is 2.27.